The van der Waals surface area contributed by atoms with Gasteiger partial charge in [0.25, 0.3) is 0 Å². The smallest absolute Gasteiger partial charge is 0.142 e. The number of hydrazine groups is 1. The molecule has 1 aliphatic rings. The van der Waals surface area contributed by atoms with E-state index >= 15 is 0 Å². The predicted molar refractivity (Wildman–Crippen MR) is 67.7 cm³/mol. The number of hydrogen-bond acceptors (Lipinski definition) is 3. The molecule has 17 heavy (non-hydrogen) atoms. The summed E-state index contributed by atoms with van der Waals surface area (Å²) < 4.78 is 20.2. The molecule has 94 valence electrons. The molecule has 3 N–H and O–H groups in total. The molecule has 3 nitrogen and oxygen atoms in total. The molecule has 5 heteroatoms. The minimum atomic E-state index is -0.308. The second kappa shape index (κ2) is 5.44. The van der Waals surface area contributed by atoms with Gasteiger partial charge in [-0.05, 0) is 41.8 Å². The zero-order valence-electron chi connectivity index (χ0n) is 9.62. The summed E-state index contributed by atoms with van der Waals surface area (Å²) in [6, 6.07) is 4.89. The molecule has 0 aromatic heterocycles. The van der Waals surface area contributed by atoms with E-state index in [1.807, 2.05) is 6.92 Å². The van der Waals surface area contributed by atoms with Crippen molar-refractivity contribution in [2.24, 2.45) is 5.84 Å². The average Bonchev–Trinajstić information content (AvgIpc) is 2.72. The van der Waals surface area contributed by atoms with E-state index in [9.17, 15) is 4.39 Å². The van der Waals surface area contributed by atoms with E-state index in [1.165, 1.54) is 0 Å². The molecule has 1 aliphatic heterocycles. The van der Waals surface area contributed by atoms with Gasteiger partial charge in [0.05, 0.1) is 22.7 Å². The van der Waals surface area contributed by atoms with E-state index in [1.54, 1.807) is 18.2 Å². The number of rotatable bonds is 3. The van der Waals surface area contributed by atoms with Crippen LogP contribution in [0.2, 0.25) is 0 Å². The molecule has 1 fully saturated rings. The fraction of sp³-hybridized carbons (Fsp3) is 0.500. The molecule has 0 spiro atoms. The molecule has 1 saturated heterocycles. The van der Waals surface area contributed by atoms with Gasteiger partial charge in [0.1, 0.15) is 5.82 Å². The SMILES string of the molecule is CC1CCC(C(NN)c2cccc(Br)c2F)O1. The molecule has 1 heterocycles. The topological polar surface area (TPSA) is 47.3 Å². The number of nitrogens with one attached hydrogen (secondary N) is 1. The van der Waals surface area contributed by atoms with Gasteiger partial charge in [-0.2, -0.15) is 0 Å². The Morgan fingerprint density at radius 3 is 2.88 bits per heavy atom. The molecule has 1 aromatic carbocycles. The summed E-state index contributed by atoms with van der Waals surface area (Å²) >= 11 is 3.18. The lowest BCUT2D eigenvalue weighted by Crippen LogP contribution is -2.37. The monoisotopic (exact) mass is 302 g/mol. The van der Waals surface area contributed by atoms with E-state index in [4.69, 9.17) is 10.6 Å². The lowest BCUT2D eigenvalue weighted by atomic mass is 9.99. The van der Waals surface area contributed by atoms with Crippen LogP contribution < -0.4 is 11.3 Å². The summed E-state index contributed by atoms with van der Waals surface area (Å²) in [5, 5.41) is 0. The molecule has 1 aromatic rings. The first-order valence-corrected chi connectivity index (χ1v) is 6.48. The minimum Gasteiger partial charge on any atom is -0.373 e. The first-order valence-electron chi connectivity index (χ1n) is 5.69. The van der Waals surface area contributed by atoms with Crippen LogP contribution in [0.5, 0.6) is 0 Å². The van der Waals surface area contributed by atoms with Crippen LogP contribution in [0, 0.1) is 5.82 Å². The van der Waals surface area contributed by atoms with Crippen LogP contribution >= 0.6 is 15.9 Å². The van der Waals surface area contributed by atoms with E-state index < -0.39 is 0 Å². The second-order valence-electron chi connectivity index (χ2n) is 4.35. The lowest BCUT2D eigenvalue weighted by Gasteiger charge is -2.23. The van der Waals surface area contributed by atoms with E-state index in [0.717, 1.165) is 12.8 Å². The van der Waals surface area contributed by atoms with Crippen molar-refractivity contribution in [2.45, 2.75) is 38.0 Å². The molecule has 0 saturated carbocycles. The fourth-order valence-corrected chi connectivity index (χ4v) is 2.62. The molecule has 0 bridgehead atoms. The van der Waals surface area contributed by atoms with E-state index in [-0.39, 0.29) is 24.1 Å². The molecule has 2 rings (SSSR count). The summed E-state index contributed by atoms with van der Waals surface area (Å²) in [6.07, 6.45) is 2.02. The highest BCUT2D eigenvalue weighted by molar-refractivity contribution is 9.10. The van der Waals surface area contributed by atoms with E-state index in [0.29, 0.717) is 10.0 Å². The Morgan fingerprint density at radius 1 is 1.53 bits per heavy atom. The van der Waals surface area contributed by atoms with Gasteiger partial charge in [0, 0.05) is 5.56 Å². The fourth-order valence-electron chi connectivity index (χ4n) is 2.24. The van der Waals surface area contributed by atoms with Gasteiger partial charge in [-0.15, -0.1) is 0 Å². The number of benzene rings is 1. The van der Waals surface area contributed by atoms with Crippen LogP contribution in [0.1, 0.15) is 31.4 Å². The Kier molecular flexibility index (Phi) is 4.14. The van der Waals surface area contributed by atoms with Gasteiger partial charge in [0.15, 0.2) is 0 Å². The number of halogens is 2. The molecule has 3 unspecified atom stereocenters. The summed E-state index contributed by atoms with van der Waals surface area (Å²) in [7, 11) is 0. The highest BCUT2D eigenvalue weighted by Crippen LogP contribution is 2.32. The van der Waals surface area contributed by atoms with Crippen LogP contribution in [0.3, 0.4) is 0 Å². The van der Waals surface area contributed by atoms with Gasteiger partial charge >= 0.3 is 0 Å². The molecular formula is C12H16BrFN2O. The maximum atomic E-state index is 14.0. The van der Waals surface area contributed by atoms with Crippen LogP contribution in [-0.4, -0.2) is 12.2 Å². The molecule has 0 amide bonds. The minimum absolute atomic E-state index is 0.0706. The van der Waals surface area contributed by atoms with Gasteiger partial charge in [-0.25, -0.2) is 4.39 Å². The van der Waals surface area contributed by atoms with Crippen LogP contribution in [0.15, 0.2) is 22.7 Å². The third-order valence-electron chi connectivity index (χ3n) is 3.13. The van der Waals surface area contributed by atoms with Crippen LogP contribution in [0.4, 0.5) is 4.39 Å². The quantitative estimate of drug-likeness (QED) is 0.666. The maximum Gasteiger partial charge on any atom is 0.142 e. The zero-order chi connectivity index (χ0) is 12.4. The Morgan fingerprint density at radius 2 is 2.29 bits per heavy atom. The van der Waals surface area contributed by atoms with E-state index in [2.05, 4.69) is 21.4 Å². The Labute approximate surface area is 109 Å². The number of ether oxygens (including phenoxy) is 1. The second-order valence-corrected chi connectivity index (χ2v) is 5.20. The Balaban J connectivity index is 2.26. The highest BCUT2D eigenvalue weighted by Gasteiger charge is 2.31. The Hall–Kier alpha value is -0.490. The zero-order valence-corrected chi connectivity index (χ0v) is 11.2. The van der Waals surface area contributed by atoms with Crippen molar-refractivity contribution >= 4 is 15.9 Å². The number of nitrogens with two attached hydrogens (primary N) is 1. The predicted octanol–water partition coefficient (Wildman–Crippen LogP) is 2.66. The molecular weight excluding hydrogens is 287 g/mol. The first kappa shape index (κ1) is 13.0. The third kappa shape index (κ3) is 2.68. The lowest BCUT2D eigenvalue weighted by molar-refractivity contribution is 0.0308. The van der Waals surface area contributed by atoms with Crippen molar-refractivity contribution in [1.29, 1.82) is 0 Å². The third-order valence-corrected chi connectivity index (χ3v) is 3.75. The normalized spacial score (nSPS) is 26.1. The highest BCUT2D eigenvalue weighted by atomic mass is 79.9. The summed E-state index contributed by atoms with van der Waals surface area (Å²) in [5.74, 6) is 5.26. The van der Waals surface area contributed by atoms with Crippen molar-refractivity contribution in [3.8, 4) is 0 Å². The molecule has 3 atom stereocenters. The van der Waals surface area contributed by atoms with Gasteiger partial charge < -0.3 is 4.74 Å². The maximum absolute atomic E-state index is 14.0. The molecule has 0 radical (unpaired) electrons. The van der Waals surface area contributed by atoms with Crippen LogP contribution in [-0.2, 0) is 4.74 Å². The average molecular weight is 303 g/mol. The van der Waals surface area contributed by atoms with Gasteiger partial charge in [-0.1, -0.05) is 12.1 Å². The van der Waals surface area contributed by atoms with Crippen molar-refractivity contribution in [2.75, 3.05) is 0 Å². The van der Waals surface area contributed by atoms with Crippen molar-refractivity contribution in [3.05, 3.63) is 34.1 Å². The molecule has 0 aliphatic carbocycles. The summed E-state index contributed by atoms with van der Waals surface area (Å²) in [4.78, 5) is 0. The van der Waals surface area contributed by atoms with Crippen molar-refractivity contribution < 1.29 is 9.13 Å². The Bertz CT molecular complexity index is 402. The standard InChI is InChI=1S/C12H16BrFN2O/c1-7-5-6-10(17-7)12(16-15)8-3-2-4-9(13)11(8)14/h2-4,7,10,12,16H,5-6,15H2,1H3. The first-order chi connectivity index (χ1) is 8.13. The van der Waals surface area contributed by atoms with Gasteiger partial charge in [0.2, 0.25) is 0 Å². The van der Waals surface area contributed by atoms with Gasteiger partial charge in [-0.3, -0.25) is 11.3 Å². The summed E-state index contributed by atoms with van der Waals surface area (Å²) in [5.41, 5.74) is 3.21. The van der Waals surface area contributed by atoms with Crippen molar-refractivity contribution in [3.63, 3.8) is 0 Å². The van der Waals surface area contributed by atoms with Crippen LogP contribution in [0.25, 0.3) is 0 Å². The largest absolute Gasteiger partial charge is 0.373 e. The van der Waals surface area contributed by atoms with Crippen molar-refractivity contribution in [1.82, 2.24) is 5.43 Å². The summed E-state index contributed by atoms with van der Waals surface area (Å²) in [6.45, 7) is 2.02. The number of hydrogen-bond donors (Lipinski definition) is 2.